The van der Waals surface area contributed by atoms with E-state index in [1.165, 1.54) is 25.7 Å². The Labute approximate surface area is 78.8 Å². The first-order chi connectivity index (χ1) is 5.67. The van der Waals surface area contributed by atoms with E-state index in [1.54, 1.807) is 0 Å². The van der Waals surface area contributed by atoms with Gasteiger partial charge in [-0.15, -0.1) is 0 Å². The van der Waals surface area contributed by atoms with Gasteiger partial charge in [-0.05, 0) is 17.8 Å². The summed E-state index contributed by atoms with van der Waals surface area (Å²) in [6.07, 6.45) is 5.45. The van der Waals surface area contributed by atoms with Crippen LogP contribution < -0.4 is 0 Å². The van der Waals surface area contributed by atoms with Gasteiger partial charge in [0, 0.05) is 0 Å². The van der Waals surface area contributed by atoms with Crippen LogP contribution in [0.3, 0.4) is 0 Å². The van der Waals surface area contributed by atoms with Gasteiger partial charge in [-0.25, -0.2) is 0 Å². The molecular formula is C12H26. The van der Waals surface area contributed by atoms with Gasteiger partial charge < -0.3 is 0 Å². The fourth-order valence-electron chi connectivity index (χ4n) is 2.22. The molecule has 0 heterocycles. The second kappa shape index (κ2) is 6.51. The van der Waals surface area contributed by atoms with E-state index in [0.29, 0.717) is 0 Å². The fourth-order valence-corrected chi connectivity index (χ4v) is 2.22. The van der Waals surface area contributed by atoms with Crippen molar-refractivity contribution >= 4 is 0 Å². The average molecular weight is 170 g/mol. The SMILES string of the molecule is CCCC(C)C(C)C(CC)CC. The van der Waals surface area contributed by atoms with Crippen molar-refractivity contribution in [2.45, 2.75) is 60.3 Å². The molecule has 0 spiro atoms. The zero-order chi connectivity index (χ0) is 9.56. The fraction of sp³-hybridized carbons (Fsp3) is 1.00. The number of rotatable bonds is 6. The van der Waals surface area contributed by atoms with Crippen molar-refractivity contribution in [1.29, 1.82) is 0 Å². The van der Waals surface area contributed by atoms with Crippen molar-refractivity contribution in [1.82, 2.24) is 0 Å². The highest BCUT2D eigenvalue weighted by Gasteiger charge is 2.18. The molecule has 0 aromatic rings. The van der Waals surface area contributed by atoms with Gasteiger partial charge in [-0.3, -0.25) is 0 Å². The van der Waals surface area contributed by atoms with E-state index in [9.17, 15) is 0 Å². The molecule has 0 radical (unpaired) electrons. The van der Waals surface area contributed by atoms with E-state index in [1.807, 2.05) is 0 Å². The van der Waals surface area contributed by atoms with Crippen molar-refractivity contribution in [2.24, 2.45) is 17.8 Å². The van der Waals surface area contributed by atoms with Gasteiger partial charge in [0.15, 0.2) is 0 Å². The van der Waals surface area contributed by atoms with E-state index in [-0.39, 0.29) is 0 Å². The predicted molar refractivity (Wildman–Crippen MR) is 57.3 cm³/mol. The molecule has 0 saturated heterocycles. The molecule has 2 unspecified atom stereocenters. The van der Waals surface area contributed by atoms with E-state index < -0.39 is 0 Å². The van der Waals surface area contributed by atoms with Gasteiger partial charge in [0.25, 0.3) is 0 Å². The molecule has 2 atom stereocenters. The van der Waals surface area contributed by atoms with Crippen molar-refractivity contribution in [3.63, 3.8) is 0 Å². The van der Waals surface area contributed by atoms with Crippen LogP contribution in [0.1, 0.15) is 60.3 Å². The number of hydrogen-bond acceptors (Lipinski definition) is 0. The van der Waals surface area contributed by atoms with Crippen LogP contribution in [-0.2, 0) is 0 Å². The maximum absolute atomic E-state index is 2.43. The van der Waals surface area contributed by atoms with Crippen LogP contribution in [-0.4, -0.2) is 0 Å². The Balaban J connectivity index is 3.87. The van der Waals surface area contributed by atoms with E-state index >= 15 is 0 Å². The molecule has 0 fully saturated rings. The van der Waals surface area contributed by atoms with Crippen LogP contribution in [0.2, 0.25) is 0 Å². The lowest BCUT2D eigenvalue weighted by Crippen LogP contribution is -2.17. The first kappa shape index (κ1) is 12.0. The Morgan fingerprint density at radius 1 is 0.917 bits per heavy atom. The van der Waals surface area contributed by atoms with Gasteiger partial charge >= 0.3 is 0 Å². The summed E-state index contributed by atoms with van der Waals surface area (Å²) in [5, 5.41) is 0. The molecule has 0 aromatic carbocycles. The Bertz CT molecular complexity index is 92.2. The van der Waals surface area contributed by atoms with Crippen LogP contribution in [0.15, 0.2) is 0 Å². The number of hydrogen-bond donors (Lipinski definition) is 0. The van der Waals surface area contributed by atoms with E-state index in [2.05, 4.69) is 34.6 Å². The molecule has 0 saturated carbocycles. The molecule has 0 aliphatic carbocycles. The highest BCUT2D eigenvalue weighted by atomic mass is 14.2. The van der Waals surface area contributed by atoms with Crippen molar-refractivity contribution < 1.29 is 0 Å². The third-order valence-electron chi connectivity index (χ3n) is 3.43. The molecule has 0 nitrogen and oxygen atoms in total. The lowest BCUT2D eigenvalue weighted by molar-refractivity contribution is 0.236. The Morgan fingerprint density at radius 2 is 1.42 bits per heavy atom. The standard InChI is InChI=1S/C12H26/c1-6-9-10(4)11(5)12(7-2)8-3/h10-12H,6-9H2,1-5H3. The molecule has 0 aromatic heterocycles. The lowest BCUT2D eigenvalue weighted by Gasteiger charge is -2.27. The molecule has 0 aliphatic rings. The van der Waals surface area contributed by atoms with E-state index in [4.69, 9.17) is 0 Å². The zero-order valence-corrected chi connectivity index (χ0v) is 9.56. The monoisotopic (exact) mass is 170 g/mol. The van der Waals surface area contributed by atoms with E-state index in [0.717, 1.165) is 17.8 Å². The summed E-state index contributed by atoms with van der Waals surface area (Å²) in [5.74, 6) is 2.78. The highest BCUT2D eigenvalue weighted by molar-refractivity contribution is 4.69. The summed E-state index contributed by atoms with van der Waals surface area (Å²) >= 11 is 0. The predicted octanol–water partition coefficient (Wildman–Crippen LogP) is 4.49. The smallest absolute Gasteiger partial charge is 0.0389 e. The Morgan fingerprint density at radius 3 is 1.75 bits per heavy atom. The van der Waals surface area contributed by atoms with Crippen molar-refractivity contribution in [3.8, 4) is 0 Å². The van der Waals surface area contributed by atoms with Gasteiger partial charge in [-0.2, -0.15) is 0 Å². The molecule has 0 aliphatic heterocycles. The van der Waals surface area contributed by atoms with Gasteiger partial charge in [0.05, 0.1) is 0 Å². The first-order valence-corrected chi connectivity index (χ1v) is 5.67. The summed E-state index contributed by atoms with van der Waals surface area (Å²) in [5.41, 5.74) is 0. The Kier molecular flexibility index (Phi) is 6.51. The topological polar surface area (TPSA) is 0 Å². The molecule has 0 rings (SSSR count). The maximum Gasteiger partial charge on any atom is -0.0389 e. The second-order valence-electron chi connectivity index (χ2n) is 4.20. The van der Waals surface area contributed by atoms with Gasteiger partial charge in [0.1, 0.15) is 0 Å². The van der Waals surface area contributed by atoms with Gasteiger partial charge in [0.2, 0.25) is 0 Å². The molecule has 0 bridgehead atoms. The van der Waals surface area contributed by atoms with Crippen LogP contribution in [0.25, 0.3) is 0 Å². The second-order valence-corrected chi connectivity index (χ2v) is 4.20. The maximum atomic E-state index is 2.43. The molecule has 0 amide bonds. The minimum atomic E-state index is 0.917. The third kappa shape index (κ3) is 3.60. The highest BCUT2D eigenvalue weighted by Crippen LogP contribution is 2.28. The summed E-state index contributed by atoms with van der Waals surface area (Å²) < 4.78 is 0. The largest absolute Gasteiger partial charge is 0.0654 e. The van der Waals surface area contributed by atoms with Crippen molar-refractivity contribution in [2.75, 3.05) is 0 Å². The zero-order valence-electron chi connectivity index (χ0n) is 9.56. The summed E-state index contributed by atoms with van der Waals surface area (Å²) in [4.78, 5) is 0. The molecule has 12 heavy (non-hydrogen) atoms. The third-order valence-corrected chi connectivity index (χ3v) is 3.43. The lowest BCUT2D eigenvalue weighted by atomic mass is 9.79. The molecule has 74 valence electrons. The minimum absolute atomic E-state index is 0.917. The Hall–Kier alpha value is 0. The van der Waals surface area contributed by atoms with Gasteiger partial charge in [-0.1, -0.05) is 60.3 Å². The quantitative estimate of drug-likeness (QED) is 0.551. The van der Waals surface area contributed by atoms with Crippen LogP contribution >= 0.6 is 0 Å². The minimum Gasteiger partial charge on any atom is -0.0654 e. The van der Waals surface area contributed by atoms with Crippen LogP contribution in [0.5, 0.6) is 0 Å². The van der Waals surface area contributed by atoms with Crippen LogP contribution in [0.4, 0.5) is 0 Å². The first-order valence-electron chi connectivity index (χ1n) is 5.67. The normalized spacial score (nSPS) is 16.5. The summed E-state index contributed by atoms with van der Waals surface area (Å²) in [6.45, 7) is 11.8. The molecule has 0 N–H and O–H groups in total. The molecular weight excluding hydrogens is 144 g/mol. The van der Waals surface area contributed by atoms with Crippen molar-refractivity contribution in [3.05, 3.63) is 0 Å². The summed E-state index contributed by atoms with van der Waals surface area (Å²) in [7, 11) is 0. The molecule has 0 heteroatoms. The summed E-state index contributed by atoms with van der Waals surface area (Å²) in [6, 6.07) is 0. The average Bonchev–Trinajstić information content (AvgIpc) is 2.07. The van der Waals surface area contributed by atoms with Crippen LogP contribution in [0, 0.1) is 17.8 Å².